The number of carbonyl (C=O) groups is 1. The first kappa shape index (κ1) is 15.8. The van der Waals surface area contributed by atoms with Gasteiger partial charge < -0.3 is 9.80 Å². The summed E-state index contributed by atoms with van der Waals surface area (Å²) < 4.78 is 1.75. The predicted molar refractivity (Wildman–Crippen MR) is 96.3 cm³/mol. The van der Waals surface area contributed by atoms with Crippen molar-refractivity contribution >= 4 is 23.1 Å². The Hall–Kier alpha value is -2.74. The van der Waals surface area contributed by atoms with E-state index in [1.807, 2.05) is 47.7 Å². The highest BCUT2D eigenvalue weighted by molar-refractivity contribution is 7.12. The molecule has 128 valence electrons. The third kappa shape index (κ3) is 3.25. The molecule has 1 aliphatic heterocycles. The number of rotatable bonds is 3. The van der Waals surface area contributed by atoms with Gasteiger partial charge in [-0.1, -0.05) is 6.07 Å². The third-order valence-corrected chi connectivity index (χ3v) is 5.08. The van der Waals surface area contributed by atoms with Crippen molar-refractivity contribution in [1.29, 1.82) is 0 Å². The molecule has 1 saturated heterocycles. The lowest BCUT2D eigenvalue weighted by molar-refractivity contribution is 0.0751. The number of amides is 1. The number of hydrogen-bond donors (Lipinski definition) is 0. The summed E-state index contributed by atoms with van der Waals surface area (Å²) in [5.74, 6) is 1.72. The quantitative estimate of drug-likeness (QED) is 0.720. The molecule has 0 unspecified atom stereocenters. The number of piperazine rings is 1. The van der Waals surface area contributed by atoms with Crippen molar-refractivity contribution in [2.75, 3.05) is 31.1 Å². The van der Waals surface area contributed by atoms with Crippen molar-refractivity contribution < 1.29 is 4.79 Å². The molecule has 3 aromatic rings. The van der Waals surface area contributed by atoms with Gasteiger partial charge in [0.1, 0.15) is 12.1 Å². The van der Waals surface area contributed by atoms with Crippen LogP contribution in [0.1, 0.15) is 15.4 Å². The lowest BCUT2D eigenvalue weighted by atomic mass is 10.3. The summed E-state index contributed by atoms with van der Waals surface area (Å²) in [5.41, 5.74) is 0.945. The van der Waals surface area contributed by atoms with E-state index in [0.29, 0.717) is 13.1 Å². The van der Waals surface area contributed by atoms with Crippen LogP contribution < -0.4 is 4.90 Å². The number of aromatic nitrogens is 4. The van der Waals surface area contributed by atoms with Crippen molar-refractivity contribution in [2.24, 2.45) is 0 Å². The molecule has 0 aliphatic carbocycles. The summed E-state index contributed by atoms with van der Waals surface area (Å²) in [6, 6.07) is 7.66. The van der Waals surface area contributed by atoms with Crippen molar-refractivity contribution in [3.8, 4) is 5.82 Å². The summed E-state index contributed by atoms with van der Waals surface area (Å²) in [4.78, 5) is 26.0. The molecule has 0 spiro atoms. The van der Waals surface area contributed by atoms with E-state index in [1.54, 1.807) is 11.0 Å². The van der Waals surface area contributed by atoms with Crippen molar-refractivity contribution in [1.82, 2.24) is 24.6 Å². The molecule has 4 heterocycles. The van der Waals surface area contributed by atoms with Crippen molar-refractivity contribution in [2.45, 2.75) is 6.92 Å². The van der Waals surface area contributed by atoms with E-state index in [0.717, 1.165) is 35.3 Å². The van der Waals surface area contributed by atoms with Crippen LogP contribution in [0, 0.1) is 6.92 Å². The standard InChI is InChI=1S/C17H18N6OS/c1-13-4-5-23(20-13)16-11-15(18-12-19-16)21-6-8-22(9-7-21)17(24)14-3-2-10-25-14/h2-5,10-12H,6-9H2,1H3. The van der Waals surface area contributed by atoms with Crippen molar-refractivity contribution in [3.63, 3.8) is 0 Å². The minimum Gasteiger partial charge on any atom is -0.353 e. The van der Waals surface area contributed by atoms with E-state index in [9.17, 15) is 4.79 Å². The number of hydrogen-bond acceptors (Lipinski definition) is 6. The minimum absolute atomic E-state index is 0.116. The second kappa shape index (κ2) is 6.64. The Labute approximate surface area is 149 Å². The summed E-state index contributed by atoms with van der Waals surface area (Å²) >= 11 is 1.49. The van der Waals surface area contributed by atoms with Crippen LogP contribution in [-0.2, 0) is 0 Å². The molecule has 0 atom stereocenters. The van der Waals surface area contributed by atoms with Crippen LogP contribution in [0.5, 0.6) is 0 Å². The third-order valence-electron chi connectivity index (χ3n) is 4.22. The molecule has 0 aromatic carbocycles. The normalized spacial score (nSPS) is 14.8. The topological polar surface area (TPSA) is 67.2 Å². The first-order valence-electron chi connectivity index (χ1n) is 8.13. The van der Waals surface area contributed by atoms with Gasteiger partial charge in [-0.3, -0.25) is 4.79 Å². The maximum absolute atomic E-state index is 12.4. The van der Waals surface area contributed by atoms with E-state index in [-0.39, 0.29) is 5.91 Å². The smallest absolute Gasteiger partial charge is 0.264 e. The number of anilines is 1. The Morgan fingerprint density at radius 2 is 1.92 bits per heavy atom. The Morgan fingerprint density at radius 1 is 1.12 bits per heavy atom. The summed E-state index contributed by atoms with van der Waals surface area (Å²) in [6.45, 7) is 4.84. The van der Waals surface area contributed by atoms with E-state index >= 15 is 0 Å². The average molecular weight is 354 g/mol. The molecule has 0 saturated carbocycles. The number of carbonyl (C=O) groups excluding carboxylic acids is 1. The van der Waals surface area contributed by atoms with E-state index < -0.39 is 0 Å². The fourth-order valence-electron chi connectivity index (χ4n) is 2.87. The molecule has 0 N–H and O–H groups in total. The molecular formula is C17H18N6OS. The van der Waals surface area contributed by atoms with Gasteiger partial charge in [0.05, 0.1) is 10.6 Å². The Bertz CT molecular complexity index is 867. The summed E-state index contributed by atoms with van der Waals surface area (Å²) in [7, 11) is 0. The molecule has 1 fully saturated rings. The van der Waals surface area contributed by atoms with Crippen LogP contribution >= 0.6 is 11.3 Å². The predicted octanol–water partition coefficient (Wildman–Crippen LogP) is 1.99. The van der Waals surface area contributed by atoms with Crippen LogP contribution in [0.3, 0.4) is 0 Å². The van der Waals surface area contributed by atoms with Crippen LogP contribution in [-0.4, -0.2) is 56.7 Å². The maximum atomic E-state index is 12.4. The van der Waals surface area contributed by atoms with Crippen LogP contribution in [0.15, 0.2) is 42.2 Å². The lowest BCUT2D eigenvalue weighted by Crippen LogP contribution is -2.48. The zero-order chi connectivity index (χ0) is 17.2. The first-order valence-corrected chi connectivity index (χ1v) is 9.01. The van der Waals surface area contributed by atoms with Crippen LogP contribution in [0.25, 0.3) is 5.82 Å². The van der Waals surface area contributed by atoms with Gasteiger partial charge in [0.25, 0.3) is 5.91 Å². The first-order chi connectivity index (χ1) is 12.2. The second-order valence-electron chi connectivity index (χ2n) is 5.89. The van der Waals surface area contributed by atoms with Gasteiger partial charge in [0.15, 0.2) is 5.82 Å². The largest absolute Gasteiger partial charge is 0.353 e. The molecule has 8 heteroatoms. The average Bonchev–Trinajstić information content (AvgIpc) is 3.33. The minimum atomic E-state index is 0.116. The highest BCUT2D eigenvalue weighted by Crippen LogP contribution is 2.18. The van der Waals surface area contributed by atoms with E-state index in [2.05, 4.69) is 20.0 Å². The van der Waals surface area contributed by atoms with Gasteiger partial charge in [0, 0.05) is 38.4 Å². The molecule has 0 bridgehead atoms. The fourth-order valence-corrected chi connectivity index (χ4v) is 3.56. The molecule has 1 amide bonds. The number of thiophene rings is 1. The highest BCUT2D eigenvalue weighted by atomic mass is 32.1. The van der Waals surface area contributed by atoms with Gasteiger partial charge in [-0.2, -0.15) is 5.10 Å². The molecule has 1 aliphatic rings. The molecule has 4 rings (SSSR count). The molecular weight excluding hydrogens is 336 g/mol. The van der Waals surface area contributed by atoms with Crippen LogP contribution in [0.2, 0.25) is 0 Å². The Kier molecular flexibility index (Phi) is 4.19. The van der Waals surface area contributed by atoms with Gasteiger partial charge in [0.2, 0.25) is 0 Å². The maximum Gasteiger partial charge on any atom is 0.264 e. The van der Waals surface area contributed by atoms with E-state index in [4.69, 9.17) is 0 Å². The van der Waals surface area contributed by atoms with Gasteiger partial charge in [-0.05, 0) is 24.4 Å². The van der Waals surface area contributed by atoms with E-state index in [1.165, 1.54) is 11.3 Å². The zero-order valence-electron chi connectivity index (χ0n) is 13.9. The van der Waals surface area contributed by atoms with Crippen molar-refractivity contribution in [3.05, 3.63) is 52.7 Å². The Morgan fingerprint density at radius 3 is 2.60 bits per heavy atom. The highest BCUT2D eigenvalue weighted by Gasteiger charge is 2.23. The SMILES string of the molecule is Cc1ccn(-c2cc(N3CCN(C(=O)c4cccs4)CC3)ncn2)n1. The summed E-state index contributed by atoms with van der Waals surface area (Å²) in [6.07, 6.45) is 3.45. The summed E-state index contributed by atoms with van der Waals surface area (Å²) in [5, 5.41) is 6.32. The van der Waals surface area contributed by atoms with Gasteiger partial charge >= 0.3 is 0 Å². The monoisotopic (exact) mass is 354 g/mol. The number of aryl methyl sites for hydroxylation is 1. The molecule has 3 aromatic heterocycles. The molecule has 7 nitrogen and oxygen atoms in total. The van der Waals surface area contributed by atoms with Gasteiger partial charge in [-0.15, -0.1) is 11.3 Å². The molecule has 0 radical (unpaired) electrons. The van der Waals surface area contributed by atoms with Crippen LogP contribution in [0.4, 0.5) is 5.82 Å². The molecule has 25 heavy (non-hydrogen) atoms. The fraction of sp³-hybridized carbons (Fsp3) is 0.294. The van der Waals surface area contributed by atoms with Gasteiger partial charge in [-0.25, -0.2) is 14.6 Å². The zero-order valence-corrected chi connectivity index (χ0v) is 14.7. The lowest BCUT2D eigenvalue weighted by Gasteiger charge is -2.35. The Balaban J connectivity index is 1.45. The second-order valence-corrected chi connectivity index (χ2v) is 6.84. The number of nitrogens with zero attached hydrogens (tertiary/aromatic N) is 6.